The van der Waals surface area contributed by atoms with Crippen molar-refractivity contribution in [3.63, 3.8) is 0 Å². The van der Waals surface area contributed by atoms with Crippen LogP contribution in [0, 0.1) is 0 Å². The second-order valence-electron chi connectivity index (χ2n) is 7.36. The largest absolute Gasteiger partial charge is 0.384 e. The van der Waals surface area contributed by atoms with Crippen LogP contribution >= 0.6 is 23.2 Å². The highest BCUT2D eigenvalue weighted by molar-refractivity contribution is 6.35. The molecule has 2 atom stereocenters. The number of fused-ring (bicyclic) bond motifs is 1. The van der Waals surface area contributed by atoms with Crippen molar-refractivity contribution in [2.45, 2.75) is 32.0 Å². The van der Waals surface area contributed by atoms with Crippen LogP contribution < -0.4 is 38.0 Å². The first-order valence-electron chi connectivity index (χ1n) is 10.1. The first kappa shape index (κ1) is 21.9. The van der Waals surface area contributed by atoms with Gasteiger partial charge in [-0.1, -0.05) is 42.6 Å². The Hall–Kier alpha value is -3.30. The number of nitrogens with zero attached hydrogens (tertiary/aromatic N) is 5. The van der Waals surface area contributed by atoms with Crippen LogP contribution in [0.4, 0.5) is 29.1 Å². The summed E-state index contributed by atoms with van der Waals surface area (Å²) in [6, 6.07) is 9.07. The van der Waals surface area contributed by atoms with Gasteiger partial charge in [-0.05, 0) is 30.7 Å². The summed E-state index contributed by atoms with van der Waals surface area (Å²) in [7, 11) is 0. The highest BCUT2D eigenvalue weighted by Crippen LogP contribution is 2.29. The Balaban J connectivity index is 1.83. The van der Waals surface area contributed by atoms with Gasteiger partial charge in [0.1, 0.15) is 22.8 Å². The van der Waals surface area contributed by atoms with Gasteiger partial charge in [-0.15, -0.1) is 0 Å². The molecule has 1 aliphatic rings. The van der Waals surface area contributed by atoms with Crippen LogP contribution in [-0.2, 0) is 0 Å². The molecule has 0 aliphatic carbocycles. The van der Waals surface area contributed by atoms with Crippen molar-refractivity contribution >= 4 is 58.5 Å². The number of nitrogens with one attached hydrogen (secondary N) is 1. The van der Waals surface area contributed by atoms with Crippen molar-refractivity contribution in [3.05, 3.63) is 57.1 Å². The minimum absolute atomic E-state index is 0.0357. The number of benzene rings is 1. The smallest absolute Gasteiger partial charge is 0.224 e. The van der Waals surface area contributed by atoms with E-state index in [4.69, 9.17) is 45.4 Å². The molecule has 0 fully saturated rings. The molecule has 7 N–H and O–H groups in total. The van der Waals surface area contributed by atoms with Crippen molar-refractivity contribution in [3.8, 4) is 0 Å². The lowest BCUT2D eigenvalue weighted by atomic mass is 10.1. The molecular weight excluding hydrogens is 449 g/mol. The molecule has 0 saturated carbocycles. The number of hydrogen-bond donors (Lipinski definition) is 4. The topological polar surface area (TPSA) is 144 Å². The molecule has 0 saturated heterocycles. The summed E-state index contributed by atoms with van der Waals surface area (Å²) >= 11 is 12.8. The molecule has 2 aromatic heterocycles. The van der Waals surface area contributed by atoms with Crippen molar-refractivity contribution in [1.29, 1.82) is 0 Å². The summed E-state index contributed by atoms with van der Waals surface area (Å²) in [5.41, 5.74) is 18.3. The van der Waals surface area contributed by atoms with E-state index < -0.39 is 0 Å². The second kappa shape index (κ2) is 9.05. The average molecular weight is 472 g/mol. The van der Waals surface area contributed by atoms with Crippen LogP contribution in [0.15, 0.2) is 41.5 Å². The van der Waals surface area contributed by atoms with Crippen molar-refractivity contribution < 1.29 is 0 Å². The predicted octanol–water partition coefficient (Wildman–Crippen LogP) is 2.41. The average Bonchev–Trinajstić information content (AvgIpc) is 2.77. The number of pyridine rings is 1. The lowest BCUT2D eigenvalue weighted by molar-refractivity contribution is 0.515. The molecule has 3 aromatic rings. The zero-order valence-electron chi connectivity index (χ0n) is 17.3. The number of hydrogen-bond acceptors (Lipinski definition) is 9. The number of rotatable bonds is 6. The van der Waals surface area contributed by atoms with Crippen LogP contribution in [-0.4, -0.2) is 27.2 Å². The fourth-order valence-corrected chi connectivity index (χ4v) is 3.97. The molecule has 3 heterocycles. The highest BCUT2D eigenvalue weighted by Gasteiger charge is 2.29. The Morgan fingerprint density at radius 3 is 2.66 bits per heavy atom. The summed E-state index contributed by atoms with van der Waals surface area (Å²) in [5.74, 6) is 0.937. The van der Waals surface area contributed by atoms with E-state index in [0.717, 1.165) is 29.1 Å². The van der Waals surface area contributed by atoms with Gasteiger partial charge in [-0.3, -0.25) is 4.99 Å². The van der Waals surface area contributed by atoms with E-state index in [1.165, 1.54) is 0 Å². The summed E-state index contributed by atoms with van der Waals surface area (Å²) in [4.78, 5) is 19.4. The SMILES string of the molecule is CCCC(Nc1nc(N)nc(N)c1Cl)[C@@H]1N=c2cccc(Cl)c2=CN1c1ccc(N)nc1. The fraction of sp³-hybridized carbons (Fsp3) is 0.238. The fourth-order valence-electron chi connectivity index (χ4n) is 3.61. The van der Waals surface area contributed by atoms with Gasteiger partial charge in [-0.2, -0.15) is 9.97 Å². The molecule has 0 bridgehead atoms. The maximum atomic E-state index is 6.46. The third-order valence-electron chi connectivity index (χ3n) is 5.10. The minimum atomic E-state index is -0.361. The first-order chi connectivity index (χ1) is 15.4. The first-order valence-corrected chi connectivity index (χ1v) is 10.8. The third-order valence-corrected chi connectivity index (χ3v) is 5.80. The Labute approximate surface area is 195 Å². The van der Waals surface area contributed by atoms with Crippen LogP contribution in [0.2, 0.25) is 10.0 Å². The van der Waals surface area contributed by atoms with Crippen molar-refractivity contribution in [2.75, 3.05) is 27.4 Å². The van der Waals surface area contributed by atoms with Crippen molar-refractivity contribution in [2.24, 2.45) is 4.99 Å². The van der Waals surface area contributed by atoms with Gasteiger partial charge in [0.25, 0.3) is 0 Å². The normalized spacial score (nSPS) is 16.0. The molecule has 9 nitrogen and oxygen atoms in total. The third kappa shape index (κ3) is 4.35. The van der Waals surface area contributed by atoms with Gasteiger partial charge in [0, 0.05) is 11.4 Å². The number of halogens is 2. The molecule has 166 valence electrons. The van der Waals surface area contributed by atoms with E-state index >= 15 is 0 Å². The van der Waals surface area contributed by atoms with E-state index in [1.807, 2.05) is 35.4 Å². The molecule has 1 aromatic carbocycles. The summed E-state index contributed by atoms with van der Waals surface area (Å²) in [5, 5.41) is 5.82. The zero-order valence-corrected chi connectivity index (χ0v) is 18.8. The molecule has 11 heteroatoms. The maximum absolute atomic E-state index is 6.46. The van der Waals surface area contributed by atoms with E-state index in [0.29, 0.717) is 16.7 Å². The summed E-state index contributed by atoms with van der Waals surface area (Å²) < 4.78 is 0. The zero-order chi connectivity index (χ0) is 22.8. The number of aromatic nitrogens is 3. The number of nitrogens with two attached hydrogens (primary N) is 3. The lowest BCUT2D eigenvalue weighted by Crippen LogP contribution is -2.50. The van der Waals surface area contributed by atoms with E-state index in [-0.39, 0.29) is 29.0 Å². The van der Waals surface area contributed by atoms with Crippen molar-refractivity contribution in [1.82, 2.24) is 15.0 Å². The van der Waals surface area contributed by atoms with Gasteiger partial charge in [0.05, 0.1) is 28.3 Å². The molecular formula is C21H23Cl2N9. The molecule has 0 amide bonds. The summed E-state index contributed by atoms with van der Waals surface area (Å²) in [6.45, 7) is 2.09. The van der Waals surface area contributed by atoms with Crippen LogP contribution in [0.25, 0.3) is 6.20 Å². The second-order valence-corrected chi connectivity index (χ2v) is 8.15. The van der Waals surface area contributed by atoms with Gasteiger partial charge in [0.2, 0.25) is 5.95 Å². The predicted molar refractivity (Wildman–Crippen MR) is 130 cm³/mol. The lowest BCUT2D eigenvalue weighted by Gasteiger charge is -2.36. The van der Waals surface area contributed by atoms with Gasteiger partial charge >= 0.3 is 0 Å². The van der Waals surface area contributed by atoms with Gasteiger partial charge in [0.15, 0.2) is 5.82 Å². The Kier molecular flexibility index (Phi) is 6.20. The molecule has 32 heavy (non-hydrogen) atoms. The standard InChI is InChI=1S/C21H23Cl2N9/c1-2-4-15(28-19-17(23)18(25)30-21(26)31-19)20-29-14-6-3-5-13(22)12(14)10-32(20)11-7-8-16(24)27-9-11/h3,5-10,15,20H,2,4H2,1H3,(H2,24,27)(H5,25,26,28,30,31)/t15?,20-/m1/s1. The minimum Gasteiger partial charge on any atom is -0.384 e. The van der Waals surface area contributed by atoms with E-state index in [9.17, 15) is 0 Å². The monoisotopic (exact) mass is 471 g/mol. The van der Waals surface area contributed by atoms with Crippen LogP contribution in [0.3, 0.4) is 0 Å². The summed E-state index contributed by atoms with van der Waals surface area (Å²) in [6.07, 6.45) is 4.95. The van der Waals surface area contributed by atoms with Gasteiger partial charge < -0.3 is 27.4 Å². The van der Waals surface area contributed by atoms with Crippen LogP contribution in [0.1, 0.15) is 19.8 Å². The van der Waals surface area contributed by atoms with Crippen LogP contribution in [0.5, 0.6) is 0 Å². The Morgan fingerprint density at radius 2 is 1.94 bits per heavy atom. The molecule has 1 unspecified atom stereocenters. The van der Waals surface area contributed by atoms with E-state index in [2.05, 4.69) is 27.2 Å². The molecule has 0 radical (unpaired) electrons. The Morgan fingerprint density at radius 1 is 1.12 bits per heavy atom. The molecule has 0 spiro atoms. The quantitative estimate of drug-likeness (QED) is 0.428. The molecule has 4 rings (SSSR count). The van der Waals surface area contributed by atoms with Gasteiger partial charge in [-0.25, -0.2) is 4.98 Å². The van der Waals surface area contributed by atoms with E-state index in [1.54, 1.807) is 12.3 Å². The molecule has 1 aliphatic heterocycles. The number of anilines is 5. The Bertz CT molecular complexity index is 1250. The number of nitrogen functional groups attached to an aromatic ring is 3. The highest BCUT2D eigenvalue weighted by atomic mass is 35.5. The maximum Gasteiger partial charge on any atom is 0.224 e.